The number of hydrogen-bond donors (Lipinski definition) is 0. The summed E-state index contributed by atoms with van der Waals surface area (Å²) >= 11 is 0. The van der Waals surface area contributed by atoms with Crippen LogP contribution in [0.5, 0.6) is 0 Å². The highest BCUT2D eigenvalue weighted by atomic mass is 15.0. The first kappa shape index (κ1) is 8.52. The van der Waals surface area contributed by atoms with Crippen molar-refractivity contribution in [2.24, 2.45) is 7.05 Å². The van der Waals surface area contributed by atoms with Crippen LogP contribution in [0.3, 0.4) is 0 Å². The van der Waals surface area contributed by atoms with Gasteiger partial charge < -0.3 is 4.57 Å². The Hall–Kier alpha value is -2.08. The van der Waals surface area contributed by atoms with E-state index in [4.69, 9.17) is 0 Å². The molecule has 0 aliphatic carbocycles. The minimum Gasteiger partial charge on any atom is -0.327 e. The van der Waals surface area contributed by atoms with Gasteiger partial charge in [-0.25, -0.2) is 4.98 Å². The van der Waals surface area contributed by atoms with Crippen LogP contribution >= 0.6 is 0 Å². The van der Waals surface area contributed by atoms with Gasteiger partial charge in [0, 0.05) is 37.4 Å². The van der Waals surface area contributed by atoms with E-state index in [2.05, 4.69) is 21.8 Å². The van der Waals surface area contributed by atoms with Crippen LogP contribution in [0.25, 0.3) is 0 Å². The highest BCUT2D eigenvalue weighted by molar-refractivity contribution is 5.36. The maximum absolute atomic E-state index is 4.10. The third-order valence-electron chi connectivity index (χ3n) is 1.80. The Morgan fingerprint density at radius 3 is 2.86 bits per heavy atom. The molecule has 0 aliphatic heterocycles. The maximum atomic E-state index is 4.10. The number of pyridine rings is 1. The van der Waals surface area contributed by atoms with E-state index < -0.39 is 0 Å². The molecule has 2 heterocycles. The monoisotopic (exact) mass is 183 g/mol. The lowest BCUT2D eigenvalue weighted by Crippen LogP contribution is -1.90. The van der Waals surface area contributed by atoms with Gasteiger partial charge >= 0.3 is 0 Å². The fourth-order valence-corrected chi connectivity index (χ4v) is 1.05. The topological polar surface area (TPSA) is 30.7 Å². The van der Waals surface area contributed by atoms with Crippen LogP contribution in [0.2, 0.25) is 0 Å². The molecule has 0 N–H and O–H groups in total. The predicted molar refractivity (Wildman–Crippen MR) is 53.4 cm³/mol. The molecule has 3 heteroatoms. The zero-order chi connectivity index (χ0) is 9.80. The molecule has 0 saturated heterocycles. The van der Waals surface area contributed by atoms with E-state index in [-0.39, 0.29) is 0 Å². The molecular formula is C11H9N3. The zero-order valence-electron chi connectivity index (χ0n) is 7.81. The third kappa shape index (κ3) is 1.80. The summed E-state index contributed by atoms with van der Waals surface area (Å²) in [4.78, 5) is 8.08. The number of hydrogen-bond acceptors (Lipinski definition) is 2. The molecule has 2 aromatic rings. The zero-order valence-corrected chi connectivity index (χ0v) is 7.81. The Labute approximate surface area is 82.4 Å². The number of aryl methyl sites for hydroxylation is 1. The minimum atomic E-state index is 0.758. The summed E-state index contributed by atoms with van der Waals surface area (Å²) in [7, 11) is 1.92. The van der Waals surface area contributed by atoms with Gasteiger partial charge in [0.2, 0.25) is 0 Å². The van der Waals surface area contributed by atoms with E-state index in [1.807, 2.05) is 29.9 Å². The standard InChI is InChI=1S/C11H9N3/c1-14-8-7-13-11(14)5-4-10-3-2-6-12-9-10/h2-3,6-9H,1H3. The maximum Gasteiger partial charge on any atom is 0.185 e. The Balaban J connectivity index is 2.28. The van der Waals surface area contributed by atoms with E-state index in [1.165, 1.54) is 0 Å². The molecule has 0 unspecified atom stereocenters. The van der Waals surface area contributed by atoms with Crippen molar-refractivity contribution in [3.63, 3.8) is 0 Å². The molecule has 0 bridgehead atoms. The molecule has 2 rings (SSSR count). The van der Waals surface area contributed by atoms with E-state index in [1.54, 1.807) is 18.6 Å². The summed E-state index contributed by atoms with van der Waals surface area (Å²) in [5.41, 5.74) is 0.899. The summed E-state index contributed by atoms with van der Waals surface area (Å²) < 4.78 is 1.88. The van der Waals surface area contributed by atoms with Crippen LogP contribution in [0.4, 0.5) is 0 Å². The molecule has 0 aliphatic rings. The number of aromatic nitrogens is 3. The van der Waals surface area contributed by atoms with Crippen molar-refractivity contribution < 1.29 is 0 Å². The molecule has 0 aromatic carbocycles. The molecule has 0 saturated carbocycles. The van der Waals surface area contributed by atoms with Crippen molar-refractivity contribution >= 4 is 0 Å². The van der Waals surface area contributed by atoms with Gasteiger partial charge in [0.25, 0.3) is 0 Å². The molecule has 3 nitrogen and oxygen atoms in total. The normalized spacial score (nSPS) is 9.21. The average molecular weight is 183 g/mol. The first-order valence-electron chi connectivity index (χ1n) is 4.25. The Bertz CT molecular complexity index is 474. The predicted octanol–water partition coefficient (Wildman–Crippen LogP) is 1.21. The van der Waals surface area contributed by atoms with E-state index in [9.17, 15) is 0 Å². The van der Waals surface area contributed by atoms with Crippen LogP contribution in [0, 0.1) is 11.8 Å². The molecule has 0 radical (unpaired) electrons. The first-order valence-corrected chi connectivity index (χ1v) is 4.25. The summed E-state index contributed by atoms with van der Waals surface area (Å²) in [6.45, 7) is 0. The second-order valence-corrected chi connectivity index (χ2v) is 2.85. The van der Waals surface area contributed by atoms with E-state index in [0.29, 0.717) is 0 Å². The fourth-order valence-electron chi connectivity index (χ4n) is 1.05. The summed E-state index contributed by atoms with van der Waals surface area (Å²) in [6.07, 6.45) is 7.06. The molecule has 0 atom stereocenters. The molecule has 68 valence electrons. The molecule has 0 fully saturated rings. The van der Waals surface area contributed by atoms with Crippen LogP contribution < -0.4 is 0 Å². The van der Waals surface area contributed by atoms with Gasteiger partial charge in [0.1, 0.15) is 0 Å². The Kier molecular flexibility index (Phi) is 2.28. The van der Waals surface area contributed by atoms with Crippen LogP contribution in [-0.2, 0) is 7.05 Å². The van der Waals surface area contributed by atoms with Crippen LogP contribution in [-0.4, -0.2) is 14.5 Å². The number of rotatable bonds is 0. The van der Waals surface area contributed by atoms with Crippen molar-refractivity contribution in [2.75, 3.05) is 0 Å². The van der Waals surface area contributed by atoms with Gasteiger partial charge in [-0.2, -0.15) is 0 Å². The SMILES string of the molecule is Cn1ccnc1C#Cc1cccnc1. The van der Waals surface area contributed by atoms with E-state index >= 15 is 0 Å². The lowest BCUT2D eigenvalue weighted by Gasteiger charge is -1.89. The number of imidazole rings is 1. The summed E-state index contributed by atoms with van der Waals surface area (Å²) in [6, 6.07) is 3.78. The summed E-state index contributed by atoms with van der Waals surface area (Å²) in [5, 5.41) is 0. The first-order chi connectivity index (χ1) is 6.86. The van der Waals surface area contributed by atoms with Gasteiger partial charge in [-0.3, -0.25) is 4.98 Å². The van der Waals surface area contributed by atoms with Gasteiger partial charge in [-0.05, 0) is 18.1 Å². The van der Waals surface area contributed by atoms with Crippen molar-refractivity contribution in [2.45, 2.75) is 0 Å². The van der Waals surface area contributed by atoms with Gasteiger partial charge in [0.05, 0.1) is 0 Å². The molecular weight excluding hydrogens is 174 g/mol. The van der Waals surface area contributed by atoms with Gasteiger partial charge in [0.15, 0.2) is 5.82 Å². The van der Waals surface area contributed by atoms with Crippen LogP contribution in [0.1, 0.15) is 11.4 Å². The van der Waals surface area contributed by atoms with Gasteiger partial charge in [-0.1, -0.05) is 5.92 Å². The van der Waals surface area contributed by atoms with E-state index in [0.717, 1.165) is 11.4 Å². The quantitative estimate of drug-likeness (QED) is 0.575. The molecule has 0 amide bonds. The second-order valence-electron chi connectivity index (χ2n) is 2.85. The molecule has 0 spiro atoms. The van der Waals surface area contributed by atoms with Crippen molar-refractivity contribution in [1.29, 1.82) is 0 Å². The largest absolute Gasteiger partial charge is 0.327 e. The Morgan fingerprint density at radius 2 is 2.21 bits per heavy atom. The average Bonchev–Trinajstić information content (AvgIpc) is 2.63. The highest BCUT2D eigenvalue weighted by Crippen LogP contribution is 1.94. The van der Waals surface area contributed by atoms with Crippen molar-refractivity contribution in [3.05, 3.63) is 48.3 Å². The second kappa shape index (κ2) is 3.75. The third-order valence-corrected chi connectivity index (χ3v) is 1.80. The Morgan fingerprint density at radius 1 is 1.29 bits per heavy atom. The van der Waals surface area contributed by atoms with Crippen molar-refractivity contribution in [3.8, 4) is 11.8 Å². The fraction of sp³-hybridized carbons (Fsp3) is 0.0909. The molecule has 2 aromatic heterocycles. The van der Waals surface area contributed by atoms with Gasteiger partial charge in [-0.15, -0.1) is 0 Å². The van der Waals surface area contributed by atoms with Crippen LogP contribution in [0.15, 0.2) is 36.9 Å². The lowest BCUT2D eigenvalue weighted by molar-refractivity contribution is 0.893. The smallest absolute Gasteiger partial charge is 0.185 e. The lowest BCUT2D eigenvalue weighted by atomic mass is 10.3. The summed E-state index contributed by atoms with van der Waals surface area (Å²) in [5.74, 6) is 6.72. The highest BCUT2D eigenvalue weighted by Gasteiger charge is 1.91. The minimum absolute atomic E-state index is 0.758. The molecule has 14 heavy (non-hydrogen) atoms. The van der Waals surface area contributed by atoms with Crippen molar-refractivity contribution in [1.82, 2.24) is 14.5 Å². The number of nitrogens with zero attached hydrogens (tertiary/aromatic N) is 3.